The molecule has 1 aliphatic rings. The van der Waals surface area contributed by atoms with Gasteiger partial charge >= 0.3 is 0 Å². The van der Waals surface area contributed by atoms with Gasteiger partial charge in [-0.3, -0.25) is 5.01 Å². The molecule has 0 aromatic carbocycles. The number of hydrazone groups is 1. The first-order chi connectivity index (χ1) is 7.86. The largest absolute Gasteiger partial charge is 0.335 e. The van der Waals surface area contributed by atoms with Crippen molar-refractivity contribution >= 4 is 6.34 Å². The molecule has 3 heteroatoms. The summed E-state index contributed by atoms with van der Waals surface area (Å²) in [6.07, 6.45) is 6.12. The molecule has 0 radical (unpaired) electrons. The molecule has 0 amide bonds. The molecule has 0 saturated carbocycles. The fraction of sp³-hybridized carbons (Fsp3) is 0.929. The third-order valence-corrected chi connectivity index (χ3v) is 3.19. The summed E-state index contributed by atoms with van der Waals surface area (Å²) in [6.45, 7) is 14.7. The topological polar surface area (TPSA) is 18.8 Å². The molecule has 1 heterocycles. The van der Waals surface area contributed by atoms with E-state index in [1.54, 1.807) is 0 Å². The van der Waals surface area contributed by atoms with Gasteiger partial charge in [0, 0.05) is 12.1 Å². The summed E-state index contributed by atoms with van der Waals surface area (Å²) in [6, 6.07) is 0. The van der Waals surface area contributed by atoms with Crippen LogP contribution in [0.1, 0.15) is 60.8 Å². The number of hydrogen-bond acceptors (Lipinski definition) is 3. The second kappa shape index (κ2) is 5.74. The predicted octanol–water partition coefficient (Wildman–Crippen LogP) is 3.52. The Morgan fingerprint density at radius 3 is 2.41 bits per heavy atom. The van der Waals surface area contributed by atoms with Crippen LogP contribution in [0.5, 0.6) is 0 Å². The van der Waals surface area contributed by atoms with Gasteiger partial charge in [-0.2, -0.15) is 5.10 Å². The van der Waals surface area contributed by atoms with Crippen molar-refractivity contribution in [1.82, 2.24) is 9.91 Å². The van der Waals surface area contributed by atoms with Crippen LogP contribution in [-0.4, -0.2) is 34.5 Å². The van der Waals surface area contributed by atoms with Gasteiger partial charge in [0.2, 0.25) is 0 Å². The Labute approximate surface area is 107 Å². The normalized spacial score (nSPS) is 20.8. The summed E-state index contributed by atoms with van der Waals surface area (Å²) in [5.41, 5.74) is 0.157. The van der Waals surface area contributed by atoms with Crippen LogP contribution in [0, 0.1) is 5.92 Å². The van der Waals surface area contributed by atoms with Crippen LogP contribution in [0.4, 0.5) is 0 Å². The molecule has 0 saturated heterocycles. The van der Waals surface area contributed by atoms with E-state index in [2.05, 4.69) is 56.6 Å². The molecule has 1 aliphatic heterocycles. The van der Waals surface area contributed by atoms with Crippen molar-refractivity contribution in [1.29, 1.82) is 0 Å². The van der Waals surface area contributed by atoms with Gasteiger partial charge in [-0.05, 0) is 39.5 Å². The van der Waals surface area contributed by atoms with E-state index in [9.17, 15) is 0 Å². The van der Waals surface area contributed by atoms with Crippen molar-refractivity contribution in [3.8, 4) is 0 Å². The van der Waals surface area contributed by atoms with Gasteiger partial charge in [-0.15, -0.1) is 0 Å². The summed E-state index contributed by atoms with van der Waals surface area (Å²) in [4.78, 5) is 2.41. The smallest absolute Gasteiger partial charge is 0.119 e. The summed E-state index contributed by atoms with van der Waals surface area (Å²) in [5.74, 6) is 0.704. The maximum absolute atomic E-state index is 4.59. The second-order valence-electron chi connectivity index (χ2n) is 6.44. The zero-order valence-corrected chi connectivity index (χ0v) is 12.4. The highest BCUT2D eigenvalue weighted by molar-refractivity contribution is 5.58. The van der Waals surface area contributed by atoms with Gasteiger partial charge in [0.25, 0.3) is 0 Å². The van der Waals surface area contributed by atoms with Gasteiger partial charge in [0.05, 0.1) is 0 Å². The van der Waals surface area contributed by atoms with Crippen LogP contribution in [0.15, 0.2) is 5.10 Å². The quantitative estimate of drug-likeness (QED) is 0.731. The summed E-state index contributed by atoms with van der Waals surface area (Å²) < 4.78 is 0. The van der Waals surface area contributed by atoms with E-state index < -0.39 is 0 Å². The molecule has 1 unspecified atom stereocenters. The SMILES string of the molecule is CCCCN1N=CN(C(C)(C)C)C1CC(C)C. The van der Waals surface area contributed by atoms with Crippen molar-refractivity contribution in [2.45, 2.75) is 72.5 Å². The molecule has 1 rings (SSSR count). The Morgan fingerprint density at radius 2 is 1.94 bits per heavy atom. The Bertz CT molecular complexity index is 253. The van der Waals surface area contributed by atoms with Crippen molar-refractivity contribution in [2.24, 2.45) is 11.0 Å². The van der Waals surface area contributed by atoms with Gasteiger partial charge in [0.15, 0.2) is 0 Å². The van der Waals surface area contributed by atoms with Crippen LogP contribution in [0.3, 0.4) is 0 Å². The van der Waals surface area contributed by atoms with Crippen LogP contribution in [0.2, 0.25) is 0 Å². The van der Waals surface area contributed by atoms with Crippen LogP contribution in [-0.2, 0) is 0 Å². The summed E-state index contributed by atoms with van der Waals surface area (Å²) in [5, 5.41) is 6.86. The molecule has 0 N–H and O–H groups in total. The molecule has 17 heavy (non-hydrogen) atoms. The van der Waals surface area contributed by atoms with E-state index in [0.717, 1.165) is 6.54 Å². The van der Waals surface area contributed by atoms with Crippen LogP contribution in [0.25, 0.3) is 0 Å². The van der Waals surface area contributed by atoms with E-state index in [0.29, 0.717) is 12.1 Å². The lowest BCUT2D eigenvalue weighted by Gasteiger charge is -2.40. The molecule has 100 valence electrons. The molecule has 0 aromatic rings. The molecule has 0 fully saturated rings. The number of unbranched alkanes of at least 4 members (excludes halogenated alkanes) is 1. The minimum Gasteiger partial charge on any atom is -0.335 e. The predicted molar refractivity (Wildman–Crippen MR) is 74.9 cm³/mol. The zero-order chi connectivity index (χ0) is 13.1. The molecular weight excluding hydrogens is 210 g/mol. The van der Waals surface area contributed by atoms with Gasteiger partial charge < -0.3 is 4.90 Å². The number of nitrogens with zero attached hydrogens (tertiary/aromatic N) is 3. The minimum atomic E-state index is 0.157. The monoisotopic (exact) mass is 239 g/mol. The lowest BCUT2D eigenvalue weighted by Crippen LogP contribution is -2.50. The third kappa shape index (κ3) is 3.90. The van der Waals surface area contributed by atoms with E-state index in [-0.39, 0.29) is 5.54 Å². The van der Waals surface area contributed by atoms with Gasteiger partial charge in [0.1, 0.15) is 12.5 Å². The lowest BCUT2D eigenvalue weighted by molar-refractivity contribution is 0.0590. The highest BCUT2D eigenvalue weighted by Crippen LogP contribution is 2.27. The molecule has 1 atom stereocenters. The van der Waals surface area contributed by atoms with Crippen molar-refractivity contribution < 1.29 is 0 Å². The fourth-order valence-corrected chi connectivity index (χ4v) is 2.22. The fourth-order valence-electron chi connectivity index (χ4n) is 2.22. The first kappa shape index (κ1) is 14.3. The molecule has 0 spiro atoms. The van der Waals surface area contributed by atoms with Crippen molar-refractivity contribution in [3.63, 3.8) is 0 Å². The first-order valence-electron chi connectivity index (χ1n) is 6.95. The van der Waals surface area contributed by atoms with E-state index in [4.69, 9.17) is 0 Å². The third-order valence-electron chi connectivity index (χ3n) is 3.19. The Kier molecular flexibility index (Phi) is 4.84. The van der Waals surface area contributed by atoms with E-state index in [1.165, 1.54) is 19.3 Å². The molecular formula is C14H29N3. The van der Waals surface area contributed by atoms with E-state index >= 15 is 0 Å². The Balaban J connectivity index is 2.71. The van der Waals surface area contributed by atoms with E-state index in [1.807, 2.05) is 6.34 Å². The zero-order valence-electron chi connectivity index (χ0n) is 12.4. The molecule has 0 aromatic heterocycles. The highest BCUT2D eigenvalue weighted by Gasteiger charge is 2.34. The van der Waals surface area contributed by atoms with Gasteiger partial charge in [-0.1, -0.05) is 27.2 Å². The average molecular weight is 239 g/mol. The first-order valence-corrected chi connectivity index (χ1v) is 6.95. The van der Waals surface area contributed by atoms with Crippen LogP contribution < -0.4 is 0 Å². The number of rotatable bonds is 5. The maximum Gasteiger partial charge on any atom is 0.119 e. The standard InChI is InChI=1S/C14H29N3/c1-7-8-9-17-13(10-12(2)3)16(11-15-17)14(4,5)6/h11-13H,7-10H2,1-6H3. The molecule has 0 aliphatic carbocycles. The molecule has 0 bridgehead atoms. The Hall–Kier alpha value is -0.730. The van der Waals surface area contributed by atoms with Crippen molar-refractivity contribution in [2.75, 3.05) is 6.54 Å². The molecule has 3 nitrogen and oxygen atoms in total. The summed E-state index contributed by atoms with van der Waals surface area (Å²) >= 11 is 0. The number of hydrogen-bond donors (Lipinski definition) is 0. The second-order valence-corrected chi connectivity index (χ2v) is 6.44. The lowest BCUT2D eigenvalue weighted by atomic mass is 10.0. The van der Waals surface area contributed by atoms with Crippen LogP contribution >= 0.6 is 0 Å². The minimum absolute atomic E-state index is 0.157. The highest BCUT2D eigenvalue weighted by atomic mass is 15.6. The summed E-state index contributed by atoms with van der Waals surface area (Å²) in [7, 11) is 0. The van der Waals surface area contributed by atoms with Crippen molar-refractivity contribution in [3.05, 3.63) is 0 Å². The average Bonchev–Trinajstić information content (AvgIpc) is 2.56. The maximum atomic E-state index is 4.59. The Morgan fingerprint density at radius 1 is 1.29 bits per heavy atom. The van der Waals surface area contributed by atoms with Gasteiger partial charge in [-0.25, -0.2) is 0 Å².